The van der Waals surface area contributed by atoms with Crippen LogP contribution in [0.1, 0.15) is 26.3 Å². The third-order valence-electron chi connectivity index (χ3n) is 4.20. The fourth-order valence-electron chi connectivity index (χ4n) is 2.54. The highest BCUT2D eigenvalue weighted by atomic mass is 35.5. The van der Waals surface area contributed by atoms with Crippen LogP contribution in [0.4, 0.5) is 0 Å². The van der Waals surface area contributed by atoms with Gasteiger partial charge in [-0.25, -0.2) is 0 Å². The van der Waals surface area contributed by atoms with Gasteiger partial charge in [-0.05, 0) is 23.1 Å². The van der Waals surface area contributed by atoms with Gasteiger partial charge in [-0.2, -0.15) is 0 Å². The Kier molecular flexibility index (Phi) is 5.48. The molecule has 0 aromatic heterocycles. The summed E-state index contributed by atoms with van der Waals surface area (Å²) in [5.41, 5.74) is 7.13. The largest absolute Gasteiger partial charge is 0.339 e. The zero-order valence-electron chi connectivity index (χ0n) is 13.7. The summed E-state index contributed by atoms with van der Waals surface area (Å²) in [4.78, 5) is 16.7. The number of piperazine rings is 1. The highest BCUT2D eigenvalue weighted by molar-refractivity contribution is 6.30. The van der Waals surface area contributed by atoms with Crippen LogP contribution in [-0.2, 0) is 11.3 Å². The van der Waals surface area contributed by atoms with Crippen LogP contribution in [0.5, 0.6) is 0 Å². The molecule has 1 heterocycles. The maximum absolute atomic E-state index is 12.4. The number of nitrogens with two attached hydrogens (primary N) is 1. The molecule has 1 aromatic carbocycles. The van der Waals surface area contributed by atoms with Crippen molar-refractivity contribution in [3.05, 3.63) is 34.9 Å². The van der Waals surface area contributed by atoms with Crippen molar-refractivity contribution in [3.63, 3.8) is 0 Å². The van der Waals surface area contributed by atoms with E-state index in [1.54, 1.807) is 0 Å². The van der Waals surface area contributed by atoms with E-state index in [0.717, 1.165) is 37.7 Å². The molecule has 1 aliphatic rings. The highest BCUT2D eigenvalue weighted by Gasteiger charge is 2.32. The molecule has 2 rings (SSSR count). The van der Waals surface area contributed by atoms with Gasteiger partial charge in [-0.15, -0.1) is 0 Å². The van der Waals surface area contributed by atoms with Gasteiger partial charge in [0.25, 0.3) is 0 Å². The molecule has 1 saturated heterocycles. The second-order valence-corrected chi connectivity index (χ2v) is 7.51. The molecule has 0 spiro atoms. The first-order chi connectivity index (χ1) is 10.3. The Labute approximate surface area is 138 Å². The number of halogens is 1. The first kappa shape index (κ1) is 17.3. The third kappa shape index (κ3) is 4.45. The van der Waals surface area contributed by atoms with Crippen LogP contribution in [0.3, 0.4) is 0 Å². The quantitative estimate of drug-likeness (QED) is 0.929. The minimum atomic E-state index is -0.435. The van der Waals surface area contributed by atoms with Crippen molar-refractivity contribution in [2.75, 3.05) is 26.2 Å². The van der Waals surface area contributed by atoms with Crippen LogP contribution in [0.15, 0.2) is 24.3 Å². The van der Waals surface area contributed by atoms with E-state index >= 15 is 0 Å². The Morgan fingerprint density at radius 1 is 1.18 bits per heavy atom. The van der Waals surface area contributed by atoms with E-state index in [2.05, 4.69) is 17.0 Å². The average Bonchev–Trinajstić information content (AvgIpc) is 2.48. The molecule has 122 valence electrons. The molecule has 1 atom stereocenters. The lowest BCUT2D eigenvalue weighted by atomic mass is 9.86. The molecule has 1 aromatic rings. The van der Waals surface area contributed by atoms with Crippen molar-refractivity contribution in [2.45, 2.75) is 33.4 Å². The van der Waals surface area contributed by atoms with E-state index in [1.165, 1.54) is 5.56 Å². The molecule has 5 heteroatoms. The van der Waals surface area contributed by atoms with E-state index < -0.39 is 6.04 Å². The highest BCUT2D eigenvalue weighted by Crippen LogP contribution is 2.20. The molecule has 22 heavy (non-hydrogen) atoms. The maximum Gasteiger partial charge on any atom is 0.240 e. The molecule has 0 radical (unpaired) electrons. The summed E-state index contributed by atoms with van der Waals surface area (Å²) in [6, 6.07) is 7.50. The molecule has 1 fully saturated rings. The fourth-order valence-corrected chi connectivity index (χ4v) is 2.67. The van der Waals surface area contributed by atoms with Crippen LogP contribution < -0.4 is 5.73 Å². The second kappa shape index (κ2) is 6.99. The van der Waals surface area contributed by atoms with Gasteiger partial charge in [0.2, 0.25) is 5.91 Å². The monoisotopic (exact) mass is 323 g/mol. The smallest absolute Gasteiger partial charge is 0.240 e. The van der Waals surface area contributed by atoms with Gasteiger partial charge in [-0.3, -0.25) is 9.69 Å². The molecular weight excluding hydrogens is 298 g/mol. The Morgan fingerprint density at radius 2 is 1.73 bits per heavy atom. The lowest BCUT2D eigenvalue weighted by Gasteiger charge is -2.38. The van der Waals surface area contributed by atoms with E-state index in [9.17, 15) is 4.79 Å². The van der Waals surface area contributed by atoms with E-state index in [4.69, 9.17) is 17.3 Å². The molecule has 0 saturated carbocycles. The SMILES string of the molecule is CC(C)(C)[C@H](N)C(=O)N1CCN(Cc2ccc(Cl)cc2)CC1. The first-order valence-corrected chi connectivity index (χ1v) is 8.16. The number of amides is 1. The molecular formula is C17H26ClN3O. The zero-order chi connectivity index (χ0) is 16.3. The lowest BCUT2D eigenvalue weighted by Crippen LogP contribution is -2.56. The Hall–Kier alpha value is -1.10. The lowest BCUT2D eigenvalue weighted by molar-refractivity contribution is -0.136. The van der Waals surface area contributed by atoms with Gasteiger partial charge < -0.3 is 10.6 Å². The normalized spacial score (nSPS) is 18.3. The van der Waals surface area contributed by atoms with Crippen molar-refractivity contribution in [3.8, 4) is 0 Å². The van der Waals surface area contributed by atoms with Gasteiger partial charge in [-0.1, -0.05) is 44.5 Å². The van der Waals surface area contributed by atoms with Crippen LogP contribution in [0.25, 0.3) is 0 Å². The van der Waals surface area contributed by atoms with Crippen molar-refractivity contribution >= 4 is 17.5 Å². The number of hydrogen-bond acceptors (Lipinski definition) is 3. The molecule has 0 bridgehead atoms. The van der Waals surface area contributed by atoms with Crippen molar-refractivity contribution in [1.29, 1.82) is 0 Å². The predicted molar refractivity (Wildman–Crippen MR) is 90.7 cm³/mol. The Balaban J connectivity index is 1.85. The fraction of sp³-hybridized carbons (Fsp3) is 0.588. The van der Waals surface area contributed by atoms with Crippen LogP contribution >= 0.6 is 11.6 Å². The summed E-state index contributed by atoms with van der Waals surface area (Å²) < 4.78 is 0. The van der Waals surface area contributed by atoms with Crippen molar-refractivity contribution in [1.82, 2.24) is 9.80 Å². The summed E-state index contributed by atoms with van der Waals surface area (Å²) in [5.74, 6) is 0.0682. The van der Waals surface area contributed by atoms with Gasteiger partial charge in [0.15, 0.2) is 0 Å². The molecule has 4 nitrogen and oxygen atoms in total. The summed E-state index contributed by atoms with van der Waals surface area (Å²) >= 11 is 5.91. The zero-order valence-corrected chi connectivity index (χ0v) is 14.4. The molecule has 2 N–H and O–H groups in total. The minimum absolute atomic E-state index is 0.0682. The average molecular weight is 324 g/mol. The van der Waals surface area contributed by atoms with Crippen LogP contribution in [-0.4, -0.2) is 47.9 Å². The third-order valence-corrected chi connectivity index (χ3v) is 4.45. The van der Waals surface area contributed by atoms with Crippen molar-refractivity contribution < 1.29 is 4.79 Å². The molecule has 1 aliphatic heterocycles. The second-order valence-electron chi connectivity index (χ2n) is 7.07. The summed E-state index contributed by atoms with van der Waals surface area (Å²) in [5, 5.41) is 0.760. The predicted octanol–water partition coefficient (Wildman–Crippen LogP) is 2.36. The van der Waals surface area contributed by atoms with Gasteiger partial charge in [0.05, 0.1) is 6.04 Å². The van der Waals surface area contributed by atoms with Gasteiger partial charge in [0, 0.05) is 37.7 Å². The summed E-state index contributed by atoms with van der Waals surface area (Å²) in [6.45, 7) is 10.2. The first-order valence-electron chi connectivity index (χ1n) is 7.78. The van der Waals surface area contributed by atoms with Crippen molar-refractivity contribution in [2.24, 2.45) is 11.1 Å². The minimum Gasteiger partial charge on any atom is -0.339 e. The number of carbonyl (C=O) groups excluding carboxylic acids is 1. The number of hydrogen-bond donors (Lipinski definition) is 1. The standard InChI is InChI=1S/C17H26ClN3O/c1-17(2,3)15(19)16(22)21-10-8-20(9-11-21)12-13-4-6-14(18)7-5-13/h4-7,15H,8-12,19H2,1-3H3/t15-/m1/s1. The maximum atomic E-state index is 12.4. The van der Waals surface area contributed by atoms with E-state index in [0.29, 0.717) is 0 Å². The summed E-state index contributed by atoms with van der Waals surface area (Å²) in [7, 11) is 0. The number of benzene rings is 1. The Bertz CT molecular complexity index is 502. The number of nitrogens with zero attached hydrogens (tertiary/aromatic N) is 2. The number of rotatable bonds is 3. The molecule has 0 unspecified atom stereocenters. The molecule has 0 aliphatic carbocycles. The van der Waals surface area contributed by atoms with E-state index in [-0.39, 0.29) is 11.3 Å². The number of carbonyl (C=O) groups is 1. The van der Waals surface area contributed by atoms with Gasteiger partial charge in [0.1, 0.15) is 0 Å². The summed E-state index contributed by atoms with van der Waals surface area (Å²) in [6.07, 6.45) is 0. The Morgan fingerprint density at radius 3 is 2.23 bits per heavy atom. The van der Waals surface area contributed by atoms with Crippen LogP contribution in [0.2, 0.25) is 5.02 Å². The van der Waals surface area contributed by atoms with Crippen LogP contribution in [0, 0.1) is 5.41 Å². The molecule has 1 amide bonds. The van der Waals surface area contributed by atoms with Gasteiger partial charge >= 0.3 is 0 Å². The topological polar surface area (TPSA) is 49.6 Å². The van der Waals surface area contributed by atoms with E-state index in [1.807, 2.05) is 37.8 Å².